The van der Waals surface area contributed by atoms with Crippen LogP contribution in [0.3, 0.4) is 0 Å². The molecule has 2 heterocycles. The van der Waals surface area contributed by atoms with Gasteiger partial charge in [0.05, 0.1) is 19.8 Å². The number of benzene rings is 1. The number of aromatic nitrogens is 2. The molecular formula is C13H14ClN3O2. The predicted octanol–water partition coefficient (Wildman–Crippen LogP) is 2.22. The number of hydrogen-bond donors (Lipinski definition) is 0. The molecule has 1 aromatic carbocycles. The summed E-state index contributed by atoms with van der Waals surface area (Å²) in [6.07, 6.45) is 0. The molecule has 0 saturated carbocycles. The molecule has 19 heavy (non-hydrogen) atoms. The SMILES string of the molecule is Clc1ccc(-c2nnc(CN3CCOCC3)o2)cc1. The zero-order chi connectivity index (χ0) is 13.1. The van der Waals surface area contributed by atoms with Crippen LogP contribution >= 0.6 is 11.6 Å². The molecule has 0 unspecified atom stereocenters. The lowest BCUT2D eigenvalue weighted by molar-refractivity contribution is 0.0306. The van der Waals surface area contributed by atoms with Gasteiger partial charge in [-0.15, -0.1) is 10.2 Å². The Balaban J connectivity index is 1.70. The van der Waals surface area contributed by atoms with Crippen molar-refractivity contribution in [3.63, 3.8) is 0 Å². The molecule has 3 rings (SSSR count). The van der Waals surface area contributed by atoms with E-state index in [1.807, 2.05) is 24.3 Å². The van der Waals surface area contributed by atoms with E-state index in [9.17, 15) is 0 Å². The third-order valence-electron chi connectivity index (χ3n) is 3.02. The summed E-state index contributed by atoms with van der Waals surface area (Å²) >= 11 is 5.85. The summed E-state index contributed by atoms with van der Waals surface area (Å²) in [5, 5.41) is 8.83. The summed E-state index contributed by atoms with van der Waals surface area (Å²) in [4.78, 5) is 2.24. The summed E-state index contributed by atoms with van der Waals surface area (Å²) in [7, 11) is 0. The summed E-state index contributed by atoms with van der Waals surface area (Å²) in [5.41, 5.74) is 0.880. The first kappa shape index (κ1) is 12.6. The molecule has 100 valence electrons. The molecule has 0 amide bonds. The lowest BCUT2D eigenvalue weighted by atomic mass is 10.2. The Morgan fingerprint density at radius 2 is 1.84 bits per heavy atom. The number of rotatable bonds is 3. The Morgan fingerprint density at radius 3 is 2.58 bits per heavy atom. The van der Waals surface area contributed by atoms with Gasteiger partial charge in [0.1, 0.15) is 0 Å². The monoisotopic (exact) mass is 279 g/mol. The standard InChI is InChI=1S/C13H14ClN3O2/c14-11-3-1-10(2-4-11)13-16-15-12(19-13)9-17-5-7-18-8-6-17/h1-4H,5-9H2. The average Bonchev–Trinajstić information content (AvgIpc) is 2.89. The summed E-state index contributed by atoms with van der Waals surface area (Å²) in [6.45, 7) is 4.00. The molecule has 1 aliphatic rings. The van der Waals surface area contributed by atoms with Crippen molar-refractivity contribution in [2.75, 3.05) is 26.3 Å². The van der Waals surface area contributed by atoms with Crippen LogP contribution in [0.15, 0.2) is 28.7 Å². The van der Waals surface area contributed by atoms with Crippen molar-refractivity contribution in [3.8, 4) is 11.5 Å². The van der Waals surface area contributed by atoms with Gasteiger partial charge in [-0.05, 0) is 24.3 Å². The van der Waals surface area contributed by atoms with Gasteiger partial charge in [-0.25, -0.2) is 0 Å². The van der Waals surface area contributed by atoms with Gasteiger partial charge >= 0.3 is 0 Å². The molecule has 5 nitrogen and oxygen atoms in total. The lowest BCUT2D eigenvalue weighted by Crippen LogP contribution is -2.35. The Hall–Kier alpha value is -1.43. The van der Waals surface area contributed by atoms with E-state index in [0.29, 0.717) is 23.3 Å². The van der Waals surface area contributed by atoms with Crippen molar-refractivity contribution < 1.29 is 9.15 Å². The number of ether oxygens (including phenoxy) is 1. The number of nitrogens with zero attached hydrogens (tertiary/aromatic N) is 3. The first-order valence-corrected chi connectivity index (χ1v) is 6.57. The van der Waals surface area contributed by atoms with E-state index in [-0.39, 0.29) is 0 Å². The first-order chi connectivity index (χ1) is 9.31. The Kier molecular flexibility index (Phi) is 3.77. The van der Waals surface area contributed by atoms with E-state index < -0.39 is 0 Å². The van der Waals surface area contributed by atoms with Crippen molar-refractivity contribution in [1.29, 1.82) is 0 Å². The van der Waals surface area contributed by atoms with Gasteiger partial charge in [-0.2, -0.15) is 0 Å². The molecule has 0 aliphatic carbocycles. The Morgan fingerprint density at radius 1 is 1.11 bits per heavy atom. The van der Waals surface area contributed by atoms with Crippen LogP contribution in [0.1, 0.15) is 5.89 Å². The number of morpholine rings is 1. The number of hydrogen-bond acceptors (Lipinski definition) is 5. The zero-order valence-electron chi connectivity index (χ0n) is 10.4. The van der Waals surface area contributed by atoms with Gasteiger partial charge in [0, 0.05) is 23.7 Å². The Labute approximate surface area is 116 Å². The summed E-state index contributed by atoms with van der Waals surface area (Å²) in [5.74, 6) is 1.16. The number of halogens is 1. The highest BCUT2D eigenvalue weighted by Gasteiger charge is 2.15. The maximum absolute atomic E-state index is 5.85. The van der Waals surface area contributed by atoms with E-state index in [4.69, 9.17) is 20.8 Å². The van der Waals surface area contributed by atoms with E-state index in [2.05, 4.69) is 15.1 Å². The molecule has 2 aromatic rings. The minimum absolute atomic E-state index is 0.528. The second kappa shape index (κ2) is 5.69. The van der Waals surface area contributed by atoms with Crippen LogP contribution in [0, 0.1) is 0 Å². The van der Waals surface area contributed by atoms with E-state index in [0.717, 1.165) is 31.9 Å². The zero-order valence-corrected chi connectivity index (χ0v) is 11.1. The van der Waals surface area contributed by atoms with Gasteiger partial charge in [0.25, 0.3) is 0 Å². The molecule has 1 saturated heterocycles. The minimum atomic E-state index is 0.528. The van der Waals surface area contributed by atoms with Gasteiger partial charge in [-0.1, -0.05) is 11.6 Å². The van der Waals surface area contributed by atoms with Crippen LogP contribution in [0.25, 0.3) is 11.5 Å². The first-order valence-electron chi connectivity index (χ1n) is 6.20. The second-order valence-electron chi connectivity index (χ2n) is 4.40. The van der Waals surface area contributed by atoms with Crippen molar-refractivity contribution in [2.24, 2.45) is 0 Å². The fourth-order valence-electron chi connectivity index (χ4n) is 1.98. The lowest BCUT2D eigenvalue weighted by Gasteiger charge is -2.24. The normalized spacial score (nSPS) is 16.7. The van der Waals surface area contributed by atoms with Gasteiger partial charge in [0.15, 0.2) is 0 Å². The molecule has 1 fully saturated rings. The minimum Gasteiger partial charge on any atom is -0.419 e. The Bertz CT molecular complexity index is 535. The largest absolute Gasteiger partial charge is 0.419 e. The highest BCUT2D eigenvalue weighted by Crippen LogP contribution is 2.20. The van der Waals surface area contributed by atoms with E-state index in [1.54, 1.807) is 0 Å². The van der Waals surface area contributed by atoms with Gasteiger partial charge in [0.2, 0.25) is 11.8 Å². The fraction of sp³-hybridized carbons (Fsp3) is 0.385. The van der Waals surface area contributed by atoms with Crippen LogP contribution in [-0.4, -0.2) is 41.4 Å². The molecule has 0 bridgehead atoms. The summed E-state index contributed by atoms with van der Waals surface area (Å²) < 4.78 is 11.0. The summed E-state index contributed by atoms with van der Waals surface area (Å²) in [6, 6.07) is 7.36. The molecule has 0 spiro atoms. The van der Waals surface area contributed by atoms with Crippen LogP contribution in [0.5, 0.6) is 0 Å². The third kappa shape index (κ3) is 3.12. The smallest absolute Gasteiger partial charge is 0.247 e. The molecule has 6 heteroatoms. The maximum atomic E-state index is 5.85. The molecule has 1 aromatic heterocycles. The van der Waals surface area contributed by atoms with Gasteiger partial charge in [-0.3, -0.25) is 4.90 Å². The fourth-order valence-corrected chi connectivity index (χ4v) is 2.10. The molecule has 0 radical (unpaired) electrons. The van der Waals surface area contributed by atoms with Gasteiger partial charge < -0.3 is 9.15 Å². The average molecular weight is 280 g/mol. The molecule has 0 N–H and O–H groups in total. The highest BCUT2D eigenvalue weighted by molar-refractivity contribution is 6.30. The van der Waals surface area contributed by atoms with Crippen molar-refractivity contribution in [3.05, 3.63) is 35.2 Å². The quantitative estimate of drug-likeness (QED) is 0.862. The van der Waals surface area contributed by atoms with Crippen LogP contribution < -0.4 is 0 Å². The topological polar surface area (TPSA) is 51.4 Å². The van der Waals surface area contributed by atoms with Crippen molar-refractivity contribution >= 4 is 11.6 Å². The third-order valence-corrected chi connectivity index (χ3v) is 3.27. The predicted molar refractivity (Wildman–Crippen MR) is 70.8 cm³/mol. The van der Waals surface area contributed by atoms with Crippen molar-refractivity contribution in [1.82, 2.24) is 15.1 Å². The van der Waals surface area contributed by atoms with E-state index >= 15 is 0 Å². The maximum Gasteiger partial charge on any atom is 0.247 e. The van der Waals surface area contributed by atoms with Crippen molar-refractivity contribution in [2.45, 2.75) is 6.54 Å². The highest BCUT2D eigenvalue weighted by atomic mass is 35.5. The second-order valence-corrected chi connectivity index (χ2v) is 4.83. The van der Waals surface area contributed by atoms with Crippen LogP contribution in [0.4, 0.5) is 0 Å². The van der Waals surface area contributed by atoms with Crippen LogP contribution in [-0.2, 0) is 11.3 Å². The molecule has 0 atom stereocenters. The van der Waals surface area contributed by atoms with Crippen LogP contribution in [0.2, 0.25) is 5.02 Å². The molecule has 1 aliphatic heterocycles. The molecular weight excluding hydrogens is 266 g/mol. The van der Waals surface area contributed by atoms with E-state index in [1.165, 1.54) is 0 Å².